The molecule has 7 heteroatoms. The van der Waals surface area contributed by atoms with Gasteiger partial charge in [-0.2, -0.15) is 0 Å². The lowest BCUT2D eigenvalue weighted by Gasteiger charge is -2.29. The summed E-state index contributed by atoms with van der Waals surface area (Å²) in [6.45, 7) is 2.28. The fourth-order valence-electron chi connectivity index (χ4n) is 2.69. The van der Waals surface area contributed by atoms with Crippen molar-refractivity contribution in [2.24, 2.45) is 11.7 Å². The van der Waals surface area contributed by atoms with Crippen LogP contribution in [-0.4, -0.2) is 21.0 Å². The summed E-state index contributed by atoms with van der Waals surface area (Å²) >= 11 is 1.30. The summed E-state index contributed by atoms with van der Waals surface area (Å²) in [5.74, 6) is 0.384. The van der Waals surface area contributed by atoms with Crippen LogP contribution in [0.4, 0.5) is 0 Å². The molecule has 1 aliphatic rings. The molecule has 1 heterocycles. The third kappa shape index (κ3) is 4.43. The van der Waals surface area contributed by atoms with Gasteiger partial charge in [0.25, 0.3) is 0 Å². The van der Waals surface area contributed by atoms with Crippen molar-refractivity contribution in [3.05, 3.63) is 17.0 Å². The molecule has 1 unspecified atom stereocenters. The molecule has 0 aromatic carbocycles. The fourth-order valence-corrected chi connectivity index (χ4v) is 5.30. The number of hydrogen-bond donors (Lipinski definition) is 2. The number of thiophene rings is 1. The van der Waals surface area contributed by atoms with Crippen LogP contribution in [0.3, 0.4) is 0 Å². The van der Waals surface area contributed by atoms with E-state index in [-0.39, 0.29) is 18.4 Å². The maximum atomic E-state index is 12.3. The van der Waals surface area contributed by atoms with E-state index < -0.39 is 10.0 Å². The van der Waals surface area contributed by atoms with Gasteiger partial charge in [-0.25, -0.2) is 13.1 Å². The van der Waals surface area contributed by atoms with E-state index in [9.17, 15) is 8.42 Å². The molecule has 20 heavy (non-hydrogen) atoms. The van der Waals surface area contributed by atoms with Crippen LogP contribution in [0.2, 0.25) is 0 Å². The Morgan fingerprint density at radius 2 is 2.00 bits per heavy atom. The molecule has 1 aliphatic carbocycles. The number of nitrogens with two attached hydrogens (primary N) is 1. The minimum absolute atomic E-state index is 0. The predicted molar refractivity (Wildman–Crippen MR) is 86.0 cm³/mol. The first kappa shape index (κ1) is 17.9. The predicted octanol–water partition coefficient (Wildman–Crippen LogP) is 2.66. The van der Waals surface area contributed by atoms with Gasteiger partial charge in [0.1, 0.15) is 4.21 Å². The quantitative estimate of drug-likeness (QED) is 0.867. The number of aryl methyl sites for hydroxylation is 1. The second-order valence-electron chi connectivity index (χ2n) is 5.23. The fraction of sp³-hybridized carbons (Fsp3) is 0.692. The molecular formula is C13H23ClN2O2S2. The zero-order chi connectivity index (χ0) is 13.9. The van der Waals surface area contributed by atoms with Crippen molar-refractivity contribution in [2.75, 3.05) is 6.54 Å². The zero-order valence-corrected chi connectivity index (χ0v) is 14.1. The Morgan fingerprint density at radius 3 is 2.50 bits per heavy atom. The van der Waals surface area contributed by atoms with Crippen LogP contribution in [0.25, 0.3) is 0 Å². The Kier molecular flexibility index (Phi) is 6.94. The van der Waals surface area contributed by atoms with E-state index in [2.05, 4.69) is 4.72 Å². The standard InChI is InChI=1S/C13H22N2O2S2.ClH/c1-10-7-8-13(18-10)19(16,17)15-12(9-14)11-5-3-2-4-6-11;/h7-8,11-12,15H,2-6,9,14H2,1H3;1H. The van der Waals surface area contributed by atoms with Crippen LogP contribution in [0, 0.1) is 12.8 Å². The molecule has 2 rings (SSSR count). The molecule has 4 nitrogen and oxygen atoms in total. The largest absolute Gasteiger partial charge is 0.329 e. The van der Waals surface area contributed by atoms with E-state index in [1.54, 1.807) is 6.07 Å². The molecule has 0 amide bonds. The third-order valence-electron chi connectivity index (χ3n) is 3.76. The SMILES string of the molecule is Cc1ccc(S(=O)(=O)NC(CN)C2CCCCC2)s1.Cl. The van der Waals surface area contributed by atoms with Crippen molar-refractivity contribution in [2.45, 2.75) is 49.3 Å². The number of halogens is 1. The van der Waals surface area contributed by atoms with E-state index in [0.29, 0.717) is 16.7 Å². The summed E-state index contributed by atoms with van der Waals surface area (Å²) in [6, 6.07) is 3.36. The Hall–Kier alpha value is -0.140. The van der Waals surface area contributed by atoms with Crippen molar-refractivity contribution in [3.8, 4) is 0 Å². The highest BCUT2D eigenvalue weighted by molar-refractivity contribution is 7.91. The van der Waals surface area contributed by atoms with Gasteiger partial charge in [0.15, 0.2) is 0 Å². The topological polar surface area (TPSA) is 72.2 Å². The van der Waals surface area contributed by atoms with Crippen molar-refractivity contribution >= 4 is 33.8 Å². The van der Waals surface area contributed by atoms with Gasteiger partial charge in [0.05, 0.1) is 0 Å². The first-order chi connectivity index (χ1) is 9.03. The molecule has 0 bridgehead atoms. The molecule has 1 fully saturated rings. The molecule has 1 saturated carbocycles. The minimum Gasteiger partial charge on any atom is -0.329 e. The van der Waals surface area contributed by atoms with Gasteiger partial charge in [-0.05, 0) is 37.8 Å². The van der Waals surface area contributed by atoms with E-state index in [4.69, 9.17) is 5.73 Å². The van der Waals surface area contributed by atoms with E-state index in [0.717, 1.165) is 17.7 Å². The Morgan fingerprint density at radius 1 is 1.35 bits per heavy atom. The lowest BCUT2D eigenvalue weighted by atomic mass is 9.84. The second-order valence-corrected chi connectivity index (χ2v) is 8.46. The Balaban J connectivity index is 0.00000200. The molecular weight excluding hydrogens is 316 g/mol. The summed E-state index contributed by atoms with van der Waals surface area (Å²) in [5, 5.41) is 0. The van der Waals surface area contributed by atoms with Crippen molar-refractivity contribution in [1.29, 1.82) is 0 Å². The number of hydrogen-bond acceptors (Lipinski definition) is 4. The molecule has 1 atom stereocenters. The number of rotatable bonds is 5. The highest BCUT2D eigenvalue weighted by Gasteiger charge is 2.27. The smallest absolute Gasteiger partial charge is 0.250 e. The summed E-state index contributed by atoms with van der Waals surface area (Å²) in [5.41, 5.74) is 5.77. The van der Waals surface area contributed by atoms with Gasteiger partial charge in [-0.3, -0.25) is 0 Å². The minimum atomic E-state index is -3.41. The highest BCUT2D eigenvalue weighted by Crippen LogP contribution is 2.28. The molecule has 0 spiro atoms. The monoisotopic (exact) mass is 338 g/mol. The molecule has 3 N–H and O–H groups in total. The summed E-state index contributed by atoms with van der Waals surface area (Å²) in [7, 11) is -3.41. The van der Waals surface area contributed by atoms with Gasteiger partial charge in [-0.1, -0.05) is 19.3 Å². The van der Waals surface area contributed by atoms with Crippen molar-refractivity contribution in [1.82, 2.24) is 4.72 Å². The van der Waals surface area contributed by atoms with E-state index >= 15 is 0 Å². The summed E-state index contributed by atoms with van der Waals surface area (Å²) in [6.07, 6.45) is 5.77. The second kappa shape index (κ2) is 7.75. The maximum Gasteiger partial charge on any atom is 0.250 e. The molecule has 116 valence electrons. The number of nitrogens with one attached hydrogen (secondary N) is 1. The van der Waals surface area contributed by atoms with Crippen molar-refractivity contribution < 1.29 is 8.42 Å². The first-order valence-electron chi connectivity index (χ1n) is 6.82. The van der Waals surface area contributed by atoms with Gasteiger partial charge >= 0.3 is 0 Å². The molecule has 0 aliphatic heterocycles. The Labute approximate surface area is 131 Å². The normalized spacial score (nSPS) is 18.5. The van der Waals surface area contributed by atoms with E-state index in [1.165, 1.54) is 30.6 Å². The van der Waals surface area contributed by atoms with Gasteiger partial charge in [0, 0.05) is 17.5 Å². The average Bonchev–Trinajstić information content (AvgIpc) is 2.85. The average molecular weight is 339 g/mol. The highest BCUT2D eigenvalue weighted by atomic mass is 35.5. The molecule has 1 aromatic heterocycles. The third-order valence-corrected chi connectivity index (χ3v) is 6.74. The molecule has 0 radical (unpaired) electrons. The van der Waals surface area contributed by atoms with Crippen LogP contribution >= 0.6 is 23.7 Å². The van der Waals surface area contributed by atoms with E-state index in [1.807, 2.05) is 13.0 Å². The Bertz CT molecular complexity index is 510. The zero-order valence-electron chi connectivity index (χ0n) is 11.7. The van der Waals surface area contributed by atoms with Crippen LogP contribution in [0.5, 0.6) is 0 Å². The van der Waals surface area contributed by atoms with Crippen LogP contribution in [-0.2, 0) is 10.0 Å². The lowest BCUT2D eigenvalue weighted by molar-refractivity contribution is 0.294. The van der Waals surface area contributed by atoms with Crippen LogP contribution in [0.1, 0.15) is 37.0 Å². The van der Waals surface area contributed by atoms with Crippen LogP contribution < -0.4 is 10.5 Å². The van der Waals surface area contributed by atoms with Gasteiger partial charge in [-0.15, -0.1) is 23.7 Å². The van der Waals surface area contributed by atoms with Crippen LogP contribution in [0.15, 0.2) is 16.3 Å². The summed E-state index contributed by atoms with van der Waals surface area (Å²) < 4.78 is 27.8. The molecule has 0 saturated heterocycles. The maximum absolute atomic E-state index is 12.3. The van der Waals surface area contributed by atoms with Gasteiger partial charge in [0.2, 0.25) is 10.0 Å². The van der Waals surface area contributed by atoms with Gasteiger partial charge < -0.3 is 5.73 Å². The first-order valence-corrected chi connectivity index (χ1v) is 9.12. The van der Waals surface area contributed by atoms with Crippen molar-refractivity contribution in [3.63, 3.8) is 0 Å². The lowest BCUT2D eigenvalue weighted by Crippen LogP contribution is -2.45. The molecule has 1 aromatic rings. The number of sulfonamides is 1. The summed E-state index contributed by atoms with van der Waals surface area (Å²) in [4.78, 5) is 1.00.